The monoisotopic (exact) mass is 309 g/mol. The standard InChI is InChI=1S/C13H12FN3O5/c14-7-1-3-8(4-2-7)16-12(18)9-5-6-10(17-11(9)15)22-13(19,20)21/h1-6,19-21H,(H2,15,17)(H,16,18). The van der Waals surface area contributed by atoms with Gasteiger partial charge in [-0.1, -0.05) is 0 Å². The number of nitrogen functional groups attached to an aromatic ring is 1. The van der Waals surface area contributed by atoms with Crippen LogP contribution in [0.2, 0.25) is 0 Å². The number of benzene rings is 1. The third-order valence-corrected chi connectivity index (χ3v) is 2.49. The molecule has 0 atom stereocenters. The molecule has 0 aliphatic rings. The molecule has 0 spiro atoms. The van der Waals surface area contributed by atoms with Crippen molar-refractivity contribution in [3.05, 3.63) is 47.8 Å². The van der Waals surface area contributed by atoms with E-state index in [2.05, 4.69) is 15.0 Å². The SMILES string of the molecule is Nc1nc(OC(O)(O)O)ccc1C(=O)Nc1ccc(F)cc1. The van der Waals surface area contributed by atoms with Gasteiger partial charge in [-0.2, -0.15) is 4.98 Å². The topological polar surface area (TPSA) is 138 Å². The van der Waals surface area contributed by atoms with Crippen molar-refractivity contribution < 1.29 is 29.2 Å². The Balaban J connectivity index is 2.14. The Morgan fingerprint density at radius 3 is 2.36 bits per heavy atom. The average molecular weight is 309 g/mol. The first-order valence-corrected chi connectivity index (χ1v) is 5.94. The second kappa shape index (κ2) is 5.93. The van der Waals surface area contributed by atoms with Crippen LogP contribution < -0.4 is 15.8 Å². The Bertz CT molecular complexity index is 685. The maximum absolute atomic E-state index is 12.8. The van der Waals surface area contributed by atoms with Crippen molar-refractivity contribution in [2.45, 2.75) is 6.16 Å². The van der Waals surface area contributed by atoms with Crippen molar-refractivity contribution in [2.75, 3.05) is 11.1 Å². The van der Waals surface area contributed by atoms with Crippen molar-refractivity contribution >= 4 is 17.4 Å². The van der Waals surface area contributed by atoms with Crippen LogP contribution in [0.3, 0.4) is 0 Å². The lowest BCUT2D eigenvalue weighted by Crippen LogP contribution is -2.35. The molecule has 0 unspecified atom stereocenters. The lowest BCUT2D eigenvalue weighted by atomic mass is 10.2. The molecule has 1 amide bonds. The van der Waals surface area contributed by atoms with Crippen LogP contribution >= 0.6 is 0 Å². The Morgan fingerprint density at radius 2 is 1.82 bits per heavy atom. The van der Waals surface area contributed by atoms with Crippen LogP contribution in [-0.4, -0.2) is 32.4 Å². The molecule has 0 fully saturated rings. The molecule has 2 rings (SSSR count). The molecule has 6 N–H and O–H groups in total. The smallest absolute Gasteiger partial charge is 0.399 e. The van der Waals surface area contributed by atoms with Crippen molar-refractivity contribution in [3.8, 4) is 5.88 Å². The minimum atomic E-state index is -3.41. The van der Waals surface area contributed by atoms with Crippen molar-refractivity contribution in [1.29, 1.82) is 0 Å². The van der Waals surface area contributed by atoms with Gasteiger partial charge in [0, 0.05) is 11.8 Å². The molecule has 8 nitrogen and oxygen atoms in total. The van der Waals surface area contributed by atoms with E-state index in [1.54, 1.807) is 0 Å². The van der Waals surface area contributed by atoms with Gasteiger partial charge in [0.2, 0.25) is 5.88 Å². The average Bonchev–Trinajstić information content (AvgIpc) is 2.39. The molecule has 2 aromatic rings. The van der Waals surface area contributed by atoms with E-state index < -0.39 is 23.8 Å². The van der Waals surface area contributed by atoms with Crippen LogP contribution in [0.4, 0.5) is 15.9 Å². The van der Waals surface area contributed by atoms with E-state index >= 15 is 0 Å². The largest absolute Gasteiger partial charge is 0.454 e. The van der Waals surface area contributed by atoms with Gasteiger partial charge in [-0.15, -0.1) is 0 Å². The summed E-state index contributed by atoms with van der Waals surface area (Å²) in [7, 11) is 0. The Hall–Kier alpha value is -2.75. The predicted octanol–water partition coefficient (Wildman–Crippen LogP) is 0.0222. The van der Waals surface area contributed by atoms with Gasteiger partial charge in [0.05, 0.1) is 5.56 Å². The summed E-state index contributed by atoms with van der Waals surface area (Å²) in [6, 6.07) is 7.41. The van der Waals surface area contributed by atoms with Gasteiger partial charge < -0.3 is 31.1 Å². The molecule has 0 bridgehead atoms. The second-order valence-corrected chi connectivity index (χ2v) is 4.22. The fraction of sp³-hybridized carbons (Fsp3) is 0.0769. The van der Waals surface area contributed by atoms with Gasteiger partial charge >= 0.3 is 6.16 Å². The Morgan fingerprint density at radius 1 is 1.18 bits per heavy atom. The third-order valence-electron chi connectivity index (χ3n) is 2.49. The number of nitrogens with zero attached hydrogens (tertiary/aromatic N) is 1. The number of ether oxygens (including phenoxy) is 1. The summed E-state index contributed by atoms with van der Waals surface area (Å²) in [5.74, 6) is -1.71. The van der Waals surface area contributed by atoms with Crippen LogP contribution in [0.1, 0.15) is 10.4 Å². The zero-order chi connectivity index (χ0) is 16.3. The highest BCUT2D eigenvalue weighted by Crippen LogP contribution is 2.19. The summed E-state index contributed by atoms with van der Waals surface area (Å²) in [6.07, 6.45) is -3.41. The number of amides is 1. The van der Waals surface area contributed by atoms with E-state index in [0.717, 1.165) is 6.07 Å². The highest BCUT2D eigenvalue weighted by molar-refractivity contribution is 6.07. The van der Waals surface area contributed by atoms with Gasteiger partial charge in [0.25, 0.3) is 5.91 Å². The van der Waals surface area contributed by atoms with Crippen LogP contribution in [-0.2, 0) is 0 Å². The summed E-state index contributed by atoms with van der Waals surface area (Å²) in [4.78, 5) is 15.6. The first-order valence-electron chi connectivity index (χ1n) is 5.94. The highest BCUT2D eigenvalue weighted by atomic mass is 19.1. The number of aliphatic hydroxyl groups is 3. The third kappa shape index (κ3) is 4.12. The predicted molar refractivity (Wildman–Crippen MR) is 73.0 cm³/mol. The number of anilines is 2. The van der Waals surface area contributed by atoms with Gasteiger partial charge in [-0.25, -0.2) is 4.39 Å². The van der Waals surface area contributed by atoms with Gasteiger partial charge in [0.1, 0.15) is 11.6 Å². The molecular weight excluding hydrogens is 297 g/mol. The number of hydrogen-bond donors (Lipinski definition) is 5. The minimum absolute atomic E-state index is 0.0175. The number of pyridine rings is 1. The number of rotatable bonds is 4. The maximum Gasteiger partial charge on any atom is 0.454 e. The van der Waals surface area contributed by atoms with Crippen molar-refractivity contribution in [2.24, 2.45) is 0 Å². The van der Waals surface area contributed by atoms with E-state index in [4.69, 9.17) is 21.1 Å². The summed E-state index contributed by atoms with van der Waals surface area (Å²) >= 11 is 0. The molecule has 0 saturated heterocycles. The molecule has 1 heterocycles. The number of carbonyl (C=O) groups excluding carboxylic acids is 1. The number of aromatic nitrogens is 1. The molecule has 0 aliphatic carbocycles. The number of nitrogens with two attached hydrogens (primary N) is 1. The van der Waals surface area contributed by atoms with Crippen molar-refractivity contribution in [1.82, 2.24) is 4.98 Å². The zero-order valence-corrected chi connectivity index (χ0v) is 11.0. The minimum Gasteiger partial charge on any atom is -0.399 e. The van der Waals surface area contributed by atoms with Gasteiger partial charge in [-0.05, 0) is 30.3 Å². The number of nitrogens with one attached hydrogen (secondary N) is 1. The molecule has 1 aromatic heterocycles. The Kier molecular flexibility index (Phi) is 4.22. The summed E-state index contributed by atoms with van der Waals surface area (Å²) in [5.41, 5.74) is 5.90. The number of halogens is 1. The van der Waals surface area contributed by atoms with Crippen LogP contribution in [0.15, 0.2) is 36.4 Å². The molecule has 0 aliphatic heterocycles. The van der Waals surface area contributed by atoms with E-state index in [1.165, 1.54) is 30.3 Å². The number of hydrogen-bond acceptors (Lipinski definition) is 7. The molecule has 0 saturated carbocycles. The lowest BCUT2D eigenvalue weighted by Gasteiger charge is -2.15. The highest BCUT2D eigenvalue weighted by Gasteiger charge is 2.22. The molecule has 22 heavy (non-hydrogen) atoms. The first kappa shape index (κ1) is 15.6. The Labute approximate surface area is 123 Å². The van der Waals surface area contributed by atoms with Crippen molar-refractivity contribution in [3.63, 3.8) is 0 Å². The van der Waals surface area contributed by atoms with E-state index in [0.29, 0.717) is 5.69 Å². The molecule has 9 heteroatoms. The fourth-order valence-corrected chi connectivity index (χ4v) is 1.58. The van der Waals surface area contributed by atoms with E-state index in [1.807, 2.05) is 0 Å². The second-order valence-electron chi connectivity index (χ2n) is 4.22. The van der Waals surface area contributed by atoms with Gasteiger partial charge in [-0.3, -0.25) is 4.79 Å². The summed E-state index contributed by atoms with van der Waals surface area (Å²) in [5, 5.41) is 28.4. The summed E-state index contributed by atoms with van der Waals surface area (Å²) < 4.78 is 17.0. The first-order chi connectivity index (χ1) is 10.2. The quantitative estimate of drug-likeness (QED) is 0.502. The van der Waals surface area contributed by atoms with E-state index in [-0.39, 0.29) is 11.4 Å². The fourth-order valence-electron chi connectivity index (χ4n) is 1.58. The normalized spacial score (nSPS) is 11.1. The van der Waals surface area contributed by atoms with Crippen LogP contribution in [0.5, 0.6) is 5.88 Å². The van der Waals surface area contributed by atoms with Crippen LogP contribution in [0, 0.1) is 5.82 Å². The molecule has 0 radical (unpaired) electrons. The summed E-state index contributed by atoms with van der Waals surface area (Å²) in [6.45, 7) is 0. The van der Waals surface area contributed by atoms with E-state index in [9.17, 15) is 9.18 Å². The lowest BCUT2D eigenvalue weighted by molar-refractivity contribution is -0.420. The van der Waals surface area contributed by atoms with Crippen LogP contribution in [0.25, 0.3) is 0 Å². The van der Waals surface area contributed by atoms with Gasteiger partial charge in [0.15, 0.2) is 0 Å². The molecule has 116 valence electrons. The molecular formula is C13H12FN3O5. The zero-order valence-electron chi connectivity index (χ0n) is 11.0. The maximum atomic E-state index is 12.8. The number of carbonyl (C=O) groups is 1. The molecule has 1 aromatic carbocycles.